The molecule has 3 aromatic rings. The number of carbonyl (C=O) groups excluding carboxylic acids is 1. The second-order valence-corrected chi connectivity index (χ2v) is 7.05. The highest BCUT2D eigenvalue weighted by Gasteiger charge is 2.22. The Kier molecular flexibility index (Phi) is 4.61. The number of aryl methyl sites for hydroxylation is 1. The number of aromatic amines is 1. The van der Waals surface area contributed by atoms with Crippen molar-refractivity contribution in [1.82, 2.24) is 15.5 Å². The molecule has 1 aliphatic heterocycles. The molecule has 1 amide bonds. The molecule has 0 radical (unpaired) electrons. The molecule has 0 bridgehead atoms. The number of hydrogen-bond donors (Lipinski definition) is 2. The average molecular weight is 348 g/mol. The maximum atomic E-state index is 12.5. The van der Waals surface area contributed by atoms with Crippen molar-refractivity contribution in [1.29, 1.82) is 0 Å². The van der Waals surface area contributed by atoms with E-state index < -0.39 is 0 Å². The summed E-state index contributed by atoms with van der Waals surface area (Å²) in [7, 11) is 0. The zero-order valence-corrected chi connectivity index (χ0v) is 15.0. The van der Waals surface area contributed by atoms with E-state index in [1.165, 1.54) is 5.39 Å². The average Bonchev–Trinajstić information content (AvgIpc) is 3.09. The molecule has 2 heterocycles. The summed E-state index contributed by atoms with van der Waals surface area (Å²) in [5.74, 6) is 1.11. The summed E-state index contributed by atoms with van der Waals surface area (Å²) < 4.78 is 0. The largest absolute Gasteiger partial charge is 0.355 e. The van der Waals surface area contributed by atoms with Gasteiger partial charge in [0.05, 0.1) is 6.42 Å². The summed E-state index contributed by atoms with van der Waals surface area (Å²) in [6.07, 6.45) is 2.33. The van der Waals surface area contributed by atoms with Crippen molar-refractivity contribution in [2.24, 2.45) is 0 Å². The Balaban J connectivity index is 1.34. The first-order valence-corrected chi connectivity index (χ1v) is 9.22. The van der Waals surface area contributed by atoms with Gasteiger partial charge in [-0.05, 0) is 36.1 Å². The fourth-order valence-corrected chi connectivity index (χ4v) is 3.72. The molecule has 1 saturated heterocycles. The predicted molar refractivity (Wildman–Crippen MR) is 104 cm³/mol. The molecule has 134 valence electrons. The topological polar surface area (TPSA) is 61.0 Å². The molecule has 5 nitrogen and oxygen atoms in total. The number of aromatic nitrogens is 2. The molecule has 5 heteroatoms. The second-order valence-electron chi connectivity index (χ2n) is 7.05. The monoisotopic (exact) mass is 348 g/mol. The van der Waals surface area contributed by atoms with Crippen LogP contribution < -0.4 is 10.2 Å². The van der Waals surface area contributed by atoms with E-state index in [1.54, 1.807) is 0 Å². The standard InChI is InChI=1S/C21H24N4O/c1-15-13-20(24-23-15)25-11-9-18(10-12-25)22-21(26)14-17-7-4-6-16-5-2-3-8-19(16)17/h2-8,13,18H,9-12,14H2,1H3,(H,22,26)(H,23,24). The molecule has 4 rings (SSSR count). The molecule has 0 unspecified atom stereocenters. The van der Waals surface area contributed by atoms with Gasteiger partial charge in [-0.15, -0.1) is 0 Å². The van der Waals surface area contributed by atoms with Crippen LogP contribution in [0.2, 0.25) is 0 Å². The summed E-state index contributed by atoms with van der Waals surface area (Å²) in [6.45, 7) is 3.85. The Bertz CT molecular complexity index is 904. The molecular weight excluding hydrogens is 324 g/mol. The molecule has 0 atom stereocenters. The third-order valence-electron chi connectivity index (χ3n) is 5.11. The predicted octanol–water partition coefficient (Wildman–Crippen LogP) is 3.20. The lowest BCUT2D eigenvalue weighted by molar-refractivity contribution is -0.121. The second kappa shape index (κ2) is 7.20. The Morgan fingerprint density at radius 1 is 1.19 bits per heavy atom. The fourth-order valence-electron chi connectivity index (χ4n) is 3.72. The summed E-state index contributed by atoms with van der Waals surface area (Å²) in [5, 5.41) is 12.9. The van der Waals surface area contributed by atoms with Crippen LogP contribution in [0, 0.1) is 6.92 Å². The van der Waals surface area contributed by atoms with Crippen LogP contribution in [0.25, 0.3) is 10.8 Å². The van der Waals surface area contributed by atoms with Gasteiger partial charge in [-0.2, -0.15) is 5.10 Å². The molecule has 0 spiro atoms. The van der Waals surface area contributed by atoms with Crippen molar-refractivity contribution in [3.05, 3.63) is 59.8 Å². The number of amides is 1. The number of carbonyl (C=O) groups is 1. The van der Waals surface area contributed by atoms with Crippen LogP contribution >= 0.6 is 0 Å². The minimum absolute atomic E-state index is 0.107. The van der Waals surface area contributed by atoms with Gasteiger partial charge in [-0.3, -0.25) is 9.89 Å². The lowest BCUT2D eigenvalue weighted by Gasteiger charge is -2.32. The van der Waals surface area contributed by atoms with E-state index in [9.17, 15) is 4.79 Å². The van der Waals surface area contributed by atoms with Crippen molar-refractivity contribution < 1.29 is 4.79 Å². The third-order valence-corrected chi connectivity index (χ3v) is 5.11. The van der Waals surface area contributed by atoms with Gasteiger partial charge in [0.15, 0.2) is 5.82 Å². The van der Waals surface area contributed by atoms with Crippen LogP contribution in [-0.4, -0.2) is 35.2 Å². The summed E-state index contributed by atoms with van der Waals surface area (Å²) in [5.41, 5.74) is 2.16. The Hall–Kier alpha value is -2.82. The lowest BCUT2D eigenvalue weighted by atomic mass is 10.0. The molecule has 1 aromatic heterocycles. The quantitative estimate of drug-likeness (QED) is 0.761. The Morgan fingerprint density at radius 2 is 1.96 bits per heavy atom. The van der Waals surface area contributed by atoms with Crippen molar-refractivity contribution in [3.8, 4) is 0 Å². The fraction of sp³-hybridized carbons (Fsp3) is 0.333. The SMILES string of the molecule is Cc1cc(N2CCC(NC(=O)Cc3cccc4ccccc34)CC2)n[nH]1. The summed E-state index contributed by atoms with van der Waals surface area (Å²) in [4.78, 5) is 14.8. The van der Waals surface area contributed by atoms with Gasteiger partial charge in [0.2, 0.25) is 5.91 Å². The normalized spacial score (nSPS) is 15.3. The van der Waals surface area contributed by atoms with Gasteiger partial charge in [0.1, 0.15) is 0 Å². The minimum atomic E-state index is 0.107. The highest BCUT2D eigenvalue weighted by atomic mass is 16.1. The van der Waals surface area contributed by atoms with Crippen LogP contribution in [0.1, 0.15) is 24.1 Å². The van der Waals surface area contributed by atoms with Gasteiger partial charge < -0.3 is 10.2 Å². The van der Waals surface area contributed by atoms with Crippen molar-refractivity contribution in [3.63, 3.8) is 0 Å². The summed E-state index contributed by atoms with van der Waals surface area (Å²) in [6, 6.07) is 16.7. The number of piperidine rings is 1. The maximum Gasteiger partial charge on any atom is 0.224 e. The molecule has 2 N–H and O–H groups in total. The number of fused-ring (bicyclic) bond motifs is 1. The van der Waals surface area contributed by atoms with Crippen molar-refractivity contribution in [2.75, 3.05) is 18.0 Å². The summed E-state index contributed by atoms with van der Waals surface area (Å²) >= 11 is 0. The highest BCUT2D eigenvalue weighted by molar-refractivity contribution is 5.90. The van der Waals surface area contributed by atoms with Crippen LogP contribution in [0.5, 0.6) is 0 Å². The molecule has 1 fully saturated rings. The van der Waals surface area contributed by atoms with E-state index in [0.29, 0.717) is 6.42 Å². The van der Waals surface area contributed by atoms with Crippen molar-refractivity contribution >= 4 is 22.5 Å². The van der Waals surface area contributed by atoms with Crippen LogP contribution in [0.4, 0.5) is 5.82 Å². The molecule has 1 aliphatic rings. The van der Waals surface area contributed by atoms with Crippen LogP contribution in [0.3, 0.4) is 0 Å². The van der Waals surface area contributed by atoms with Gasteiger partial charge in [-0.25, -0.2) is 0 Å². The molecule has 2 aromatic carbocycles. The van der Waals surface area contributed by atoms with Gasteiger partial charge in [0.25, 0.3) is 0 Å². The minimum Gasteiger partial charge on any atom is -0.355 e. The number of hydrogen-bond acceptors (Lipinski definition) is 3. The van der Waals surface area contributed by atoms with Crippen LogP contribution in [-0.2, 0) is 11.2 Å². The first kappa shape index (κ1) is 16.6. The van der Waals surface area contributed by atoms with E-state index in [-0.39, 0.29) is 11.9 Å². The van der Waals surface area contributed by atoms with Crippen LogP contribution in [0.15, 0.2) is 48.5 Å². The Labute approximate surface area is 153 Å². The lowest BCUT2D eigenvalue weighted by Crippen LogP contribution is -2.45. The number of nitrogens with one attached hydrogen (secondary N) is 2. The zero-order valence-electron chi connectivity index (χ0n) is 15.0. The third kappa shape index (κ3) is 3.57. The molecular formula is C21H24N4O. The first-order chi connectivity index (χ1) is 12.7. The van der Waals surface area contributed by atoms with Gasteiger partial charge in [0, 0.05) is 30.9 Å². The first-order valence-electron chi connectivity index (χ1n) is 9.22. The molecule has 0 saturated carbocycles. The highest BCUT2D eigenvalue weighted by Crippen LogP contribution is 2.20. The number of H-pyrrole nitrogens is 1. The maximum absolute atomic E-state index is 12.5. The smallest absolute Gasteiger partial charge is 0.224 e. The zero-order chi connectivity index (χ0) is 17.9. The number of anilines is 1. The van der Waals surface area contributed by atoms with Gasteiger partial charge >= 0.3 is 0 Å². The molecule has 26 heavy (non-hydrogen) atoms. The van der Waals surface area contributed by atoms with E-state index in [0.717, 1.165) is 48.4 Å². The Morgan fingerprint density at radius 3 is 2.73 bits per heavy atom. The number of nitrogens with zero attached hydrogens (tertiary/aromatic N) is 2. The number of benzene rings is 2. The number of rotatable bonds is 4. The van der Waals surface area contributed by atoms with E-state index in [1.807, 2.05) is 31.2 Å². The molecule has 0 aliphatic carbocycles. The van der Waals surface area contributed by atoms with E-state index >= 15 is 0 Å². The van der Waals surface area contributed by atoms with E-state index in [4.69, 9.17) is 0 Å². The van der Waals surface area contributed by atoms with Gasteiger partial charge in [-0.1, -0.05) is 42.5 Å². The van der Waals surface area contributed by atoms with Crippen molar-refractivity contribution in [2.45, 2.75) is 32.2 Å². The van der Waals surface area contributed by atoms with E-state index in [2.05, 4.69) is 44.7 Å².